The zero-order valence-electron chi connectivity index (χ0n) is 25.3. The minimum Gasteiger partial charge on any atom is -0.460 e. The molecule has 1 aliphatic carbocycles. The number of hydrogen-bond acceptors (Lipinski definition) is 10. The highest BCUT2D eigenvalue weighted by atomic mass is 31.2. The van der Waals surface area contributed by atoms with Crippen molar-refractivity contribution in [3.05, 3.63) is 130 Å². The Bertz CT molecular complexity index is 1760. The fourth-order valence-corrected chi connectivity index (χ4v) is 6.08. The maximum Gasteiger partial charge on any atom is 0.458 e. The molecule has 2 atom stereocenters. The first-order chi connectivity index (χ1) is 22.7. The molecule has 244 valence electrons. The van der Waals surface area contributed by atoms with E-state index in [2.05, 4.69) is 17.0 Å². The highest BCUT2D eigenvalue weighted by molar-refractivity contribution is 7.52. The molecule has 0 radical (unpaired) electrons. The van der Waals surface area contributed by atoms with Crippen molar-refractivity contribution in [2.75, 3.05) is 20.3 Å². The molecule has 0 bridgehead atoms. The number of ether oxygens (including phenoxy) is 2. The number of rotatable bonds is 15. The number of hydrogen-bond donors (Lipinski definition) is 2. The molecule has 0 saturated carbocycles. The molecule has 1 amide bonds. The van der Waals surface area contributed by atoms with Gasteiger partial charge in [-0.15, -0.1) is 0 Å². The molecule has 0 aliphatic heterocycles. The van der Waals surface area contributed by atoms with Crippen molar-refractivity contribution in [3.63, 3.8) is 0 Å². The van der Waals surface area contributed by atoms with Gasteiger partial charge in [-0.3, -0.25) is 14.6 Å². The minimum absolute atomic E-state index is 0.0425. The number of esters is 1. The zero-order valence-corrected chi connectivity index (χ0v) is 26.2. The Morgan fingerprint density at radius 3 is 2.26 bits per heavy atom. The summed E-state index contributed by atoms with van der Waals surface area (Å²) < 4.78 is 39.8. The van der Waals surface area contributed by atoms with E-state index >= 15 is 0 Å². The molecule has 13 nitrogen and oxygen atoms in total. The van der Waals surface area contributed by atoms with Gasteiger partial charge >= 0.3 is 25.7 Å². The number of furan rings is 1. The summed E-state index contributed by atoms with van der Waals surface area (Å²) in [4.78, 5) is 36.0. The maximum atomic E-state index is 13.1. The van der Waals surface area contributed by atoms with Crippen LogP contribution < -0.4 is 14.9 Å². The Labute approximate surface area is 270 Å². The Hall–Kier alpha value is -5.23. The van der Waals surface area contributed by atoms with E-state index in [0.29, 0.717) is 5.56 Å². The highest BCUT2D eigenvalue weighted by Crippen LogP contribution is 2.45. The second kappa shape index (κ2) is 14.9. The minimum atomic E-state index is -3.89. The van der Waals surface area contributed by atoms with E-state index in [0.717, 1.165) is 28.3 Å². The first-order valence-electron chi connectivity index (χ1n) is 14.5. The van der Waals surface area contributed by atoms with Crippen LogP contribution >= 0.6 is 7.75 Å². The van der Waals surface area contributed by atoms with Gasteiger partial charge in [-0.1, -0.05) is 73.3 Å². The molecule has 5 rings (SSSR count). The van der Waals surface area contributed by atoms with Gasteiger partial charge in [-0.05, 0) is 53.1 Å². The average Bonchev–Trinajstić information content (AvgIpc) is 3.69. The molecule has 3 aromatic carbocycles. The molecular formula is C33H32N3O10P. The number of alkyl carbamates (subject to hydrolysis) is 1. The van der Waals surface area contributed by atoms with Gasteiger partial charge in [0.1, 0.15) is 42.3 Å². The van der Waals surface area contributed by atoms with E-state index in [-0.39, 0.29) is 43.7 Å². The third-order valence-corrected chi connectivity index (χ3v) is 8.80. The number of fused-ring (bicyclic) bond motifs is 3. The summed E-state index contributed by atoms with van der Waals surface area (Å²) in [5.41, 5.74) is 4.93. The zero-order chi connectivity index (χ0) is 33.4. The monoisotopic (exact) mass is 661 g/mol. The van der Waals surface area contributed by atoms with Crippen LogP contribution in [-0.4, -0.2) is 43.3 Å². The third-order valence-electron chi connectivity index (χ3n) is 7.33. The average molecular weight is 662 g/mol. The topological polar surface area (TPSA) is 168 Å². The summed E-state index contributed by atoms with van der Waals surface area (Å²) in [7, 11) is -2.52. The van der Waals surface area contributed by atoms with Crippen LogP contribution in [0.4, 0.5) is 10.7 Å². The number of carbonyl (C=O) groups is 2. The number of nitro groups is 1. The SMILES string of the molecule is C=CCOC(=O)C(Cc1ccc(OP(=O)(NC)OCc2ccc([N+](=O)[O-])o2)cc1)NC(=O)OCC1c2ccccc2-c2ccccc21. The Morgan fingerprint density at radius 2 is 1.66 bits per heavy atom. The van der Waals surface area contributed by atoms with Crippen LogP contribution in [0.15, 0.2) is 102 Å². The van der Waals surface area contributed by atoms with Crippen molar-refractivity contribution in [2.24, 2.45) is 0 Å². The molecule has 1 aromatic heterocycles. The summed E-state index contributed by atoms with van der Waals surface area (Å²) in [6, 6.07) is 23.6. The summed E-state index contributed by atoms with van der Waals surface area (Å²) in [5, 5.41) is 15.9. The normalized spacial score (nSPS) is 13.8. The van der Waals surface area contributed by atoms with Gasteiger partial charge in [0.2, 0.25) is 0 Å². The lowest BCUT2D eigenvalue weighted by atomic mass is 9.98. The second-order valence-corrected chi connectivity index (χ2v) is 12.3. The van der Waals surface area contributed by atoms with Crippen LogP contribution in [0.1, 0.15) is 28.4 Å². The van der Waals surface area contributed by atoms with Crippen molar-refractivity contribution in [2.45, 2.75) is 25.0 Å². The van der Waals surface area contributed by atoms with E-state index in [1.54, 1.807) is 12.1 Å². The molecule has 0 fully saturated rings. The van der Waals surface area contributed by atoms with Crippen LogP contribution in [0.5, 0.6) is 5.75 Å². The van der Waals surface area contributed by atoms with E-state index < -0.39 is 36.7 Å². The lowest BCUT2D eigenvalue weighted by Crippen LogP contribution is -2.44. The summed E-state index contributed by atoms with van der Waals surface area (Å²) in [6.45, 7) is 3.24. The largest absolute Gasteiger partial charge is 0.460 e. The first kappa shape index (κ1) is 33.1. The van der Waals surface area contributed by atoms with Crippen LogP contribution in [0.2, 0.25) is 0 Å². The fourth-order valence-electron chi connectivity index (χ4n) is 5.11. The van der Waals surface area contributed by atoms with Crippen LogP contribution in [0.25, 0.3) is 11.1 Å². The predicted octanol–water partition coefficient (Wildman–Crippen LogP) is 6.29. The molecule has 0 saturated heterocycles. The van der Waals surface area contributed by atoms with Gasteiger partial charge in [0.05, 0.1) is 6.07 Å². The van der Waals surface area contributed by atoms with E-state index in [9.17, 15) is 24.3 Å². The standard InChI is InChI=1S/C33H32N3O10P/c1-3-18-42-32(37)30(35-33(38)43-21-29-27-10-6-4-8-25(27)26-9-5-7-11-28(26)29)19-22-12-14-23(15-13-22)46-47(41,34-2)44-20-24-16-17-31(45-24)36(39)40/h3-17,29-30H,1,18-21H2,2H3,(H,34,41)(H,35,38). The third kappa shape index (κ3) is 8.14. The summed E-state index contributed by atoms with van der Waals surface area (Å²) >= 11 is 0. The fraction of sp³-hybridized carbons (Fsp3) is 0.212. The van der Waals surface area contributed by atoms with Crippen molar-refractivity contribution in [1.82, 2.24) is 10.4 Å². The molecular weight excluding hydrogens is 629 g/mol. The summed E-state index contributed by atoms with van der Waals surface area (Å²) in [6.07, 6.45) is 0.697. The van der Waals surface area contributed by atoms with E-state index in [1.807, 2.05) is 48.5 Å². The molecule has 1 aliphatic rings. The molecule has 2 unspecified atom stereocenters. The van der Waals surface area contributed by atoms with Crippen molar-refractivity contribution in [1.29, 1.82) is 0 Å². The number of nitrogens with one attached hydrogen (secondary N) is 2. The maximum absolute atomic E-state index is 13.1. The van der Waals surface area contributed by atoms with E-state index in [4.69, 9.17) is 22.9 Å². The number of benzene rings is 3. The quantitative estimate of drug-likeness (QED) is 0.0483. The van der Waals surface area contributed by atoms with Gasteiger partial charge in [-0.2, -0.15) is 0 Å². The number of nitrogens with zero attached hydrogens (tertiary/aromatic N) is 1. The second-order valence-electron chi connectivity index (χ2n) is 10.4. The number of amides is 1. The van der Waals surface area contributed by atoms with Crippen LogP contribution in [0, 0.1) is 10.1 Å². The summed E-state index contributed by atoms with van der Waals surface area (Å²) in [5.74, 6) is -1.04. The smallest absolute Gasteiger partial charge is 0.458 e. The molecule has 2 N–H and O–H groups in total. The van der Waals surface area contributed by atoms with Crippen molar-refractivity contribution in [3.8, 4) is 16.9 Å². The van der Waals surface area contributed by atoms with Crippen molar-refractivity contribution < 1.29 is 42.0 Å². The molecule has 0 spiro atoms. The van der Waals surface area contributed by atoms with Gasteiger partial charge < -0.3 is 23.7 Å². The predicted molar refractivity (Wildman–Crippen MR) is 171 cm³/mol. The van der Waals surface area contributed by atoms with Gasteiger partial charge in [-0.25, -0.2) is 19.2 Å². The van der Waals surface area contributed by atoms with Crippen molar-refractivity contribution >= 4 is 25.7 Å². The molecule has 14 heteroatoms. The van der Waals surface area contributed by atoms with Gasteiger partial charge in [0.25, 0.3) is 0 Å². The van der Waals surface area contributed by atoms with E-state index in [1.165, 1.54) is 31.3 Å². The number of carbonyl (C=O) groups excluding carboxylic acids is 2. The Balaban J connectivity index is 1.20. The lowest BCUT2D eigenvalue weighted by Gasteiger charge is -2.20. The molecule has 1 heterocycles. The first-order valence-corrected chi connectivity index (χ1v) is 16.1. The van der Waals surface area contributed by atoms with Crippen LogP contribution in [-0.2, 0) is 36.4 Å². The Morgan fingerprint density at radius 1 is 1.00 bits per heavy atom. The molecule has 47 heavy (non-hydrogen) atoms. The van der Waals surface area contributed by atoms with Crippen LogP contribution in [0.3, 0.4) is 0 Å². The lowest BCUT2D eigenvalue weighted by molar-refractivity contribution is -0.402. The van der Waals surface area contributed by atoms with Gasteiger partial charge in [0, 0.05) is 12.3 Å². The molecule has 4 aromatic rings. The van der Waals surface area contributed by atoms with Gasteiger partial charge in [0.15, 0.2) is 0 Å². The Kier molecular flexibility index (Phi) is 10.5. The highest BCUT2D eigenvalue weighted by Gasteiger charge is 2.30.